The van der Waals surface area contributed by atoms with Crippen LogP contribution in [0.15, 0.2) is 0 Å². The molecule has 0 aromatic rings. The molecule has 186 valence electrons. The molecule has 32 heavy (non-hydrogen) atoms. The average molecular weight is 451 g/mol. The Labute approximate surface area is 196 Å². The number of rotatable bonds is 5. The van der Waals surface area contributed by atoms with Gasteiger partial charge in [-0.15, -0.1) is 0 Å². The molecule has 0 unspecified atom stereocenters. The normalized spacial score (nSPS) is 48.5. The topological polar surface area (TPSA) is 77.8 Å². The first-order valence-electron chi connectivity index (χ1n) is 13.7. The molecule has 4 heteroatoms. The zero-order valence-electron chi connectivity index (χ0n) is 21.5. The Bertz CT molecular complexity index is 649. The Hall–Kier alpha value is -0.610. The smallest absolute Gasteiger partial charge is 0.303 e. The fourth-order valence-corrected chi connectivity index (χ4v) is 9.48. The molecule has 0 amide bonds. The van der Waals surface area contributed by atoms with Gasteiger partial charge in [0.15, 0.2) is 0 Å². The molecule has 4 fully saturated rings. The maximum Gasteiger partial charge on any atom is 0.303 e. The molecule has 4 aliphatic carbocycles. The van der Waals surface area contributed by atoms with Crippen LogP contribution in [0.2, 0.25) is 0 Å². The number of hydrogen-bond acceptors (Lipinski definition) is 3. The molecule has 0 aromatic carbocycles. The predicted molar refractivity (Wildman–Crippen MR) is 129 cm³/mol. The van der Waals surface area contributed by atoms with Crippen LogP contribution in [0.4, 0.5) is 0 Å². The summed E-state index contributed by atoms with van der Waals surface area (Å²) in [5.41, 5.74) is 0.480. The Balaban J connectivity index is 0.00000141. The molecular weight excluding hydrogens is 400 g/mol. The number of carboxylic acids is 1. The molecule has 11 atom stereocenters. The van der Waals surface area contributed by atoms with E-state index in [1.807, 2.05) is 13.8 Å². The largest absolute Gasteiger partial charge is 0.481 e. The Morgan fingerprint density at radius 3 is 2.22 bits per heavy atom. The van der Waals surface area contributed by atoms with E-state index in [4.69, 9.17) is 5.11 Å². The van der Waals surface area contributed by atoms with Crippen LogP contribution in [0.1, 0.15) is 106 Å². The molecule has 4 aliphatic rings. The van der Waals surface area contributed by atoms with E-state index in [2.05, 4.69) is 27.7 Å². The molecule has 0 aliphatic heterocycles. The van der Waals surface area contributed by atoms with E-state index in [1.165, 1.54) is 25.7 Å². The van der Waals surface area contributed by atoms with Crippen LogP contribution in [-0.4, -0.2) is 33.5 Å². The fourth-order valence-electron chi connectivity index (χ4n) is 9.48. The van der Waals surface area contributed by atoms with Gasteiger partial charge in [-0.1, -0.05) is 48.0 Å². The first kappa shape index (κ1) is 26.0. The van der Waals surface area contributed by atoms with Gasteiger partial charge in [0.25, 0.3) is 0 Å². The number of aliphatic carboxylic acids is 1. The Morgan fingerprint density at radius 1 is 0.969 bits per heavy atom. The van der Waals surface area contributed by atoms with E-state index in [1.54, 1.807) is 0 Å². The summed E-state index contributed by atoms with van der Waals surface area (Å²) in [5.74, 6) is 2.58. The zero-order chi connectivity index (χ0) is 23.8. The first-order valence-corrected chi connectivity index (χ1v) is 13.7. The van der Waals surface area contributed by atoms with Crippen molar-refractivity contribution in [3.05, 3.63) is 0 Å². The van der Waals surface area contributed by atoms with E-state index in [-0.39, 0.29) is 29.5 Å². The molecule has 0 spiro atoms. The number of aliphatic hydroxyl groups is 2. The summed E-state index contributed by atoms with van der Waals surface area (Å²) in [6.07, 6.45) is 9.27. The first-order chi connectivity index (χ1) is 15.1. The number of carboxylic acid groups (broad SMARTS) is 1. The summed E-state index contributed by atoms with van der Waals surface area (Å²) in [4.78, 5) is 11.1. The third-order valence-electron chi connectivity index (χ3n) is 11.0. The molecular formula is C28H50O4. The van der Waals surface area contributed by atoms with Gasteiger partial charge in [0.1, 0.15) is 0 Å². The highest BCUT2D eigenvalue weighted by Crippen LogP contribution is 2.69. The van der Waals surface area contributed by atoms with Gasteiger partial charge in [-0.3, -0.25) is 4.79 Å². The van der Waals surface area contributed by atoms with Gasteiger partial charge < -0.3 is 15.3 Å². The van der Waals surface area contributed by atoms with Gasteiger partial charge in [0.05, 0.1) is 12.2 Å². The van der Waals surface area contributed by atoms with Gasteiger partial charge in [-0.05, 0) is 104 Å². The van der Waals surface area contributed by atoms with Crippen molar-refractivity contribution in [2.75, 3.05) is 0 Å². The minimum absolute atomic E-state index is 0.194. The molecule has 0 saturated heterocycles. The lowest BCUT2D eigenvalue weighted by Gasteiger charge is -2.64. The second kappa shape index (κ2) is 9.94. The molecule has 4 nitrogen and oxygen atoms in total. The summed E-state index contributed by atoms with van der Waals surface area (Å²) in [6.45, 7) is 13.4. The molecule has 0 radical (unpaired) electrons. The van der Waals surface area contributed by atoms with Crippen molar-refractivity contribution in [3.8, 4) is 0 Å². The number of carbonyl (C=O) groups is 1. The third-order valence-corrected chi connectivity index (χ3v) is 11.0. The minimum atomic E-state index is -0.683. The number of hydrogen-bond donors (Lipinski definition) is 3. The van der Waals surface area contributed by atoms with Gasteiger partial charge in [-0.2, -0.15) is 0 Å². The van der Waals surface area contributed by atoms with Crippen molar-refractivity contribution in [2.24, 2.45) is 52.3 Å². The molecule has 0 heterocycles. The number of fused-ring (bicyclic) bond motifs is 5. The van der Waals surface area contributed by atoms with Crippen LogP contribution in [0.5, 0.6) is 0 Å². The molecule has 3 N–H and O–H groups in total. The van der Waals surface area contributed by atoms with Crippen molar-refractivity contribution >= 4 is 5.97 Å². The average Bonchev–Trinajstić information content (AvgIpc) is 3.12. The van der Waals surface area contributed by atoms with E-state index in [0.29, 0.717) is 41.4 Å². The van der Waals surface area contributed by atoms with Crippen LogP contribution in [0.25, 0.3) is 0 Å². The minimum Gasteiger partial charge on any atom is -0.481 e. The van der Waals surface area contributed by atoms with Crippen LogP contribution >= 0.6 is 0 Å². The van der Waals surface area contributed by atoms with E-state index >= 15 is 0 Å². The van der Waals surface area contributed by atoms with Gasteiger partial charge >= 0.3 is 5.97 Å². The van der Waals surface area contributed by atoms with Crippen LogP contribution in [-0.2, 0) is 4.79 Å². The summed E-state index contributed by atoms with van der Waals surface area (Å²) in [6, 6.07) is 0. The lowest BCUT2D eigenvalue weighted by molar-refractivity contribution is -0.203. The van der Waals surface area contributed by atoms with Crippen molar-refractivity contribution in [1.82, 2.24) is 0 Å². The fraction of sp³-hybridized carbons (Fsp3) is 0.964. The predicted octanol–water partition coefficient (Wildman–Crippen LogP) is 6.14. The second-order valence-corrected chi connectivity index (χ2v) is 12.0. The summed E-state index contributed by atoms with van der Waals surface area (Å²) >= 11 is 0. The summed E-state index contributed by atoms with van der Waals surface area (Å²) in [5, 5.41) is 31.3. The van der Waals surface area contributed by atoms with Gasteiger partial charge in [0.2, 0.25) is 0 Å². The highest BCUT2D eigenvalue weighted by Gasteiger charge is 2.64. The standard InChI is InChI=1S/C26H44O4.C2H6/c1-5-17-21-14-16(27)10-12-26(21,4)20-11-13-25(3)18(15(2)6-9-22(28)29)7-8-19(25)23(20)24(17)30;1-2/h15-21,23-24,27,30H,5-14H2,1-4H3,(H,28,29);1-2H3/t15-,16-,17-,18-,19+,20+,21+,23+,24-,25-,26-;/m1./s1. The van der Waals surface area contributed by atoms with Gasteiger partial charge in [0, 0.05) is 6.42 Å². The Kier molecular flexibility index (Phi) is 8.08. The second-order valence-electron chi connectivity index (χ2n) is 12.0. The SMILES string of the molecule is CC.CC[C@H]1[C@@H](O)[C@@H]2[C@H](CC[C@]3(C)[C@@H]([C@H](C)CCC(=O)O)CC[C@@H]23)[C@@]2(C)CC[C@@H](O)C[C@@H]12. The van der Waals surface area contributed by atoms with Crippen molar-refractivity contribution in [1.29, 1.82) is 0 Å². The summed E-state index contributed by atoms with van der Waals surface area (Å²) in [7, 11) is 0. The van der Waals surface area contributed by atoms with Crippen molar-refractivity contribution in [3.63, 3.8) is 0 Å². The lowest BCUT2D eigenvalue weighted by atomic mass is 9.41. The van der Waals surface area contributed by atoms with Crippen LogP contribution in [0.3, 0.4) is 0 Å². The monoisotopic (exact) mass is 450 g/mol. The van der Waals surface area contributed by atoms with Crippen LogP contribution < -0.4 is 0 Å². The quantitative estimate of drug-likeness (QED) is 0.470. The van der Waals surface area contributed by atoms with Crippen molar-refractivity contribution < 1.29 is 20.1 Å². The third kappa shape index (κ3) is 4.17. The summed E-state index contributed by atoms with van der Waals surface area (Å²) < 4.78 is 0. The van der Waals surface area contributed by atoms with Crippen LogP contribution in [0, 0.1) is 52.3 Å². The van der Waals surface area contributed by atoms with E-state index < -0.39 is 5.97 Å². The Morgan fingerprint density at radius 2 is 1.59 bits per heavy atom. The van der Waals surface area contributed by atoms with Gasteiger partial charge in [-0.25, -0.2) is 0 Å². The van der Waals surface area contributed by atoms with Crippen molar-refractivity contribution in [2.45, 2.75) is 118 Å². The maximum absolute atomic E-state index is 11.7. The maximum atomic E-state index is 11.7. The lowest BCUT2D eigenvalue weighted by Crippen LogP contribution is -2.62. The molecule has 4 saturated carbocycles. The highest BCUT2D eigenvalue weighted by atomic mass is 16.4. The molecule has 0 bridgehead atoms. The molecule has 0 aromatic heterocycles. The zero-order valence-corrected chi connectivity index (χ0v) is 21.5. The number of aliphatic hydroxyl groups excluding tert-OH is 2. The highest BCUT2D eigenvalue weighted by molar-refractivity contribution is 5.66. The van der Waals surface area contributed by atoms with E-state index in [0.717, 1.165) is 32.1 Å². The van der Waals surface area contributed by atoms with E-state index in [9.17, 15) is 15.0 Å². The molecule has 4 rings (SSSR count).